The van der Waals surface area contributed by atoms with Crippen LogP contribution in [0.4, 0.5) is 0 Å². The normalized spacial score (nSPS) is 14.4. The first kappa shape index (κ1) is 11.7. The predicted molar refractivity (Wildman–Crippen MR) is 62.6 cm³/mol. The van der Waals surface area contributed by atoms with Crippen molar-refractivity contribution in [1.82, 2.24) is 10.3 Å². The molecule has 1 aromatic rings. The molecule has 0 saturated heterocycles. The van der Waals surface area contributed by atoms with Crippen molar-refractivity contribution in [2.24, 2.45) is 5.41 Å². The zero-order chi connectivity index (χ0) is 10.8. The van der Waals surface area contributed by atoms with Gasteiger partial charge < -0.3 is 5.32 Å². The lowest BCUT2D eigenvalue weighted by molar-refractivity contribution is 0.285. The highest BCUT2D eigenvalue weighted by Gasteiger charge is 2.19. The number of rotatable bonds is 3. The van der Waals surface area contributed by atoms with Crippen molar-refractivity contribution >= 4 is 11.3 Å². The molecule has 1 N–H and O–H groups in total. The molecule has 2 nitrogen and oxygen atoms in total. The molecule has 0 fully saturated rings. The molecule has 0 spiro atoms. The van der Waals surface area contributed by atoms with E-state index in [0.29, 0.717) is 11.5 Å². The first-order chi connectivity index (χ1) is 6.39. The molecule has 1 heterocycles. The van der Waals surface area contributed by atoms with Gasteiger partial charge in [-0.3, -0.25) is 0 Å². The maximum absolute atomic E-state index is 4.33. The maximum Gasteiger partial charge on any atom is 0.107 e. The first-order valence-electron chi connectivity index (χ1n) is 5.04. The van der Waals surface area contributed by atoms with Gasteiger partial charge in [-0.1, -0.05) is 20.8 Å². The Morgan fingerprint density at radius 1 is 1.50 bits per heavy atom. The third kappa shape index (κ3) is 3.39. The Morgan fingerprint density at radius 2 is 2.14 bits per heavy atom. The average Bonchev–Trinajstić information content (AvgIpc) is 2.45. The van der Waals surface area contributed by atoms with Crippen LogP contribution in [0.5, 0.6) is 0 Å². The first-order valence-corrected chi connectivity index (χ1v) is 5.86. The summed E-state index contributed by atoms with van der Waals surface area (Å²) in [6.07, 6.45) is 1.93. The molecule has 1 atom stereocenters. The van der Waals surface area contributed by atoms with Gasteiger partial charge in [-0.15, -0.1) is 11.3 Å². The van der Waals surface area contributed by atoms with Crippen molar-refractivity contribution in [2.45, 2.75) is 47.2 Å². The van der Waals surface area contributed by atoms with E-state index < -0.39 is 0 Å². The predicted octanol–water partition coefficient (Wildman–Crippen LogP) is 2.98. The van der Waals surface area contributed by atoms with Crippen LogP contribution in [0.2, 0.25) is 0 Å². The van der Waals surface area contributed by atoms with Crippen LogP contribution in [-0.2, 0) is 6.54 Å². The fourth-order valence-electron chi connectivity index (χ4n) is 1.03. The number of thiazole rings is 1. The maximum atomic E-state index is 4.33. The monoisotopic (exact) mass is 212 g/mol. The van der Waals surface area contributed by atoms with Crippen molar-refractivity contribution in [3.05, 3.63) is 16.1 Å². The molecular weight excluding hydrogens is 192 g/mol. The Morgan fingerprint density at radius 3 is 2.57 bits per heavy atom. The Kier molecular flexibility index (Phi) is 3.67. The highest BCUT2D eigenvalue weighted by atomic mass is 32.1. The molecule has 1 rings (SSSR count). The van der Waals surface area contributed by atoms with Gasteiger partial charge in [0.25, 0.3) is 0 Å². The van der Waals surface area contributed by atoms with Gasteiger partial charge in [0.15, 0.2) is 0 Å². The summed E-state index contributed by atoms with van der Waals surface area (Å²) in [6.45, 7) is 11.9. The summed E-state index contributed by atoms with van der Waals surface area (Å²) in [7, 11) is 0. The third-order valence-corrected chi connectivity index (χ3v) is 3.44. The highest BCUT2D eigenvalue weighted by molar-refractivity contribution is 7.11. The summed E-state index contributed by atoms with van der Waals surface area (Å²) in [5.41, 5.74) is 0.312. The topological polar surface area (TPSA) is 24.9 Å². The van der Waals surface area contributed by atoms with E-state index in [1.165, 1.54) is 9.88 Å². The van der Waals surface area contributed by atoms with Crippen molar-refractivity contribution in [2.75, 3.05) is 0 Å². The standard InChI is InChI=1S/C11H20N2S/c1-8-6-13-10(14-8)7-12-9(2)11(3,4)5/h6,9,12H,7H2,1-5H3. The zero-order valence-electron chi connectivity index (χ0n) is 9.72. The molecule has 0 radical (unpaired) electrons. The Bertz CT molecular complexity index is 286. The summed E-state index contributed by atoms with van der Waals surface area (Å²) in [5.74, 6) is 0. The van der Waals surface area contributed by atoms with Crippen LogP contribution in [0.25, 0.3) is 0 Å². The molecular formula is C11H20N2S. The second kappa shape index (κ2) is 4.41. The molecule has 0 bridgehead atoms. The van der Waals surface area contributed by atoms with Crippen LogP contribution in [0.3, 0.4) is 0 Å². The minimum Gasteiger partial charge on any atom is -0.307 e. The Balaban J connectivity index is 2.41. The van der Waals surface area contributed by atoms with E-state index in [2.05, 4.69) is 44.9 Å². The second-order valence-corrected chi connectivity index (χ2v) is 6.15. The summed E-state index contributed by atoms with van der Waals surface area (Å²) >= 11 is 1.77. The van der Waals surface area contributed by atoms with Gasteiger partial charge in [0, 0.05) is 23.7 Å². The average molecular weight is 212 g/mol. The van der Waals surface area contributed by atoms with Crippen LogP contribution in [0, 0.1) is 12.3 Å². The van der Waals surface area contributed by atoms with Gasteiger partial charge in [0.1, 0.15) is 5.01 Å². The molecule has 3 heteroatoms. The van der Waals surface area contributed by atoms with Gasteiger partial charge in [0.2, 0.25) is 0 Å². The molecule has 14 heavy (non-hydrogen) atoms. The fourth-order valence-corrected chi connectivity index (χ4v) is 1.77. The van der Waals surface area contributed by atoms with E-state index in [1.807, 2.05) is 6.20 Å². The summed E-state index contributed by atoms with van der Waals surface area (Å²) in [4.78, 5) is 5.61. The molecule has 0 aromatic carbocycles. The quantitative estimate of drug-likeness (QED) is 0.833. The molecule has 0 aliphatic heterocycles. The Hall–Kier alpha value is -0.410. The number of hydrogen-bond acceptors (Lipinski definition) is 3. The lowest BCUT2D eigenvalue weighted by atomic mass is 9.88. The van der Waals surface area contributed by atoms with E-state index in [0.717, 1.165) is 6.54 Å². The van der Waals surface area contributed by atoms with E-state index in [-0.39, 0.29) is 0 Å². The van der Waals surface area contributed by atoms with Crippen molar-refractivity contribution < 1.29 is 0 Å². The molecule has 1 unspecified atom stereocenters. The SMILES string of the molecule is Cc1cnc(CNC(C)C(C)(C)C)s1. The highest BCUT2D eigenvalue weighted by Crippen LogP contribution is 2.19. The van der Waals surface area contributed by atoms with E-state index in [9.17, 15) is 0 Å². The zero-order valence-corrected chi connectivity index (χ0v) is 10.5. The lowest BCUT2D eigenvalue weighted by Crippen LogP contribution is -2.37. The number of aromatic nitrogens is 1. The third-order valence-electron chi connectivity index (χ3n) is 2.53. The summed E-state index contributed by atoms with van der Waals surface area (Å²) < 4.78 is 0. The molecule has 0 amide bonds. The minimum absolute atomic E-state index is 0.312. The van der Waals surface area contributed by atoms with Crippen molar-refractivity contribution in [3.8, 4) is 0 Å². The fraction of sp³-hybridized carbons (Fsp3) is 0.727. The van der Waals surface area contributed by atoms with Crippen LogP contribution in [0.15, 0.2) is 6.20 Å². The Labute approximate surface area is 90.8 Å². The molecule has 0 aliphatic rings. The van der Waals surface area contributed by atoms with Crippen LogP contribution >= 0.6 is 11.3 Å². The number of aryl methyl sites for hydroxylation is 1. The van der Waals surface area contributed by atoms with E-state index in [1.54, 1.807) is 11.3 Å². The minimum atomic E-state index is 0.312. The smallest absolute Gasteiger partial charge is 0.107 e. The molecule has 0 aliphatic carbocycles. The van der Waals surface area contributed by atoms with Crippen molar-refractivity contribution in [3.63, 3.8) is 0 Å². The van der Waals surface area contributed by atoms with Crippen molar-refractivity contribution in [1.29, 1.82) is 0 Å². The second-order valence-electron chi connectivity index (χ2n) is 4.83. The molecule has 80 valence electrons. The largest absolute Gasteiger partial charge is 0.307 e. The van der Waals surface area contributed by atoms with Crippen LogP contribution in [0.1, 0.15) is 37.6 Å². The number of hydrogen-bond donors (Lipinski definition) is 1. The van der Waals surface area contributed by atoms with Gasteiger partial charge in [0.05, 0.1) is 0 Å². The number of nitrogens with one attached hydrogen (secondary N) is 1. The van der Waals surface area contributed by atoms with Gasteiger partial charge in [-0.25, -0.2) is 4.98 Å². The molecule has 1 aromatic heterocycles. The summed E-state index contributed by atoms with van der Waals surface area (Å²) in [5, 5.41) is 4.68. The number of nitrogens with zero attached hydrogens (tertiary/aromatic N) is 1. The van der Waals surface area contributed by atoms with E-state index in [4.69, 9.17) is 0 Å². The van der Waals surface area contributed by atoms with Crippen LogP contribution < -0.4 is 5.32 Å². The van der Waals surface area contributed by atoms with E-state index >= 15 is 0 Å². The summed E-state index contributed by atoms with van der Waals surface area (Å²) in [6, 6.07) is 0.506. The molecule has 0 saturated carbocycles. The lowest BCUT2D eigenvalue weighted by Gasteiger charge is -2.27. The van der Waals surface area contributed by atoms with Gasteiger partial charge >= 0.3 is 0 Å². The van der Waals surface area contributed by atoms with Gasteiger partial charge in [-0.05, 0) is 19.3 Å². The van der Waals surface area contributed by atoms with Crippen LogP contribution in [-0.4, -0.2) is 11.0 Å². The van der Waals surface area contributed by atoms with Gasteiger partial charge in [-0.2, -0.15) is 0 Å².